The van der Waals surface area contributed by atoms with Crippen molar-refractivity contribution < 1.29 is 0 Å². The van der Waals surface area contributed by atoms with Gasteiger partial charge in [0.2, 0.25) is 0 Å². The van der Waals surface area contributed by atoms with E-state index >= 15 is 0 Å². The number of hydrogen-bond donors (Lipinski definition) is 0. The molecular formula is C16H26N3S+. The third kappa shape index (κ3) is 2.05. The van der Waals surface area contributed by atoms with Crippen molar-refractivity contribution in [3.05, 3.63) is 17.5 Å². The number of fused-ring (bicyclic) bond motifs is 3. The Kier molecular flexibility index (Phi) is 3.38. The lowest BCUT2D eigenvalue weighted by Crippen LogP contribution is -2.71. The molecule has 0 N–H and O–H groups in total. The number of likely N-dealkylation sites (N-methyl/N-ethyl adjacent to an activating group) is 1. The van der Waals surface area contributed by atoms with Gasteiger partial charge in [-0.15, -0.1) is 0 Å². The van der Waals surface area contributed by atoms with Crippen molar-refractivity contribution in [2.24, 2.45) is 5.92 Å². The Morgan fingerprint density at radius 1 is 1.15 bits per heavy atom. The number of piperazine rings is 1. The molecule has 5 heterocycles. The second-order valence-corrected chi connectivity index (χ2v) is 7.87. The maximum Gasteiger partial charge on any atom is 0.188 e. The molecule has 1 atom stereocenters. The Morgan fingerprint density at radius 3 is 2.45 bits per heavy atom. The van der Waals surface area contributed by atoms with E-state index in [0.29, 0.717) is 0 Å². The molecule has 4 aliphatic rings. The summed E-state index contributed by atoms with van der Waals surface area (Å²) in [5.41, 5.74) is 0. The molecule has 4 saturated heterocycles. The maximum absolute atomic E-state index is 2.72. The lowest BCUT2D eigenvalue weighted by molar-refractivity contribution is -0.00682. The summed E-state index contributed by atoms with van der Waals surface area (Å²) in [6.45, 7) is 9.17. The van der Waals surface area contributed by atoms with E-state index in [-0.39, 0.29) is 0 Å². The highest BCUT2D eigenvalue weighted by molar-refractivity contribution is 7.13. The predicted octanol–water partition coefficient (Wildman–Crippen LogP) is 2.09. The molecule has 4 fully saturated rings. The zero-order chi connectivity index (χ0) is 13.6. The summed E-state index contributed by atoms with van der Waals surface area (Å²) in [6, 6.07) is 5.50. The molecule has 0 radical (unpaired) electrons. The molecule has 1 aromatic heterocycles. The lowest BCUT2D eigenvalue weighted by atomic mass is 9.81. The summed E-state index contributed by atoms with van der Waals surface area (Å²) >= 11 is 1.99. The van der Waals surface area contributed by atoms with Crippen molar-refractivity contribution >= 4 is 16.3 Å². The summed E-state index contributed by atoms with van der Waals surface area (Å²) in [7, 11) is 2.28. The van der Waals surface area contributed by atoms with Crippen molar-refractivity contribution in [2.75, 3.05) is 52.9 Å². The van der Waals surface area contributed by atoms with Gasteiger partial charge in [-0.2, -0.15) is 0 Å². The van der Waals surface area contributed by atoms with Crippen LogP contribution in [0.2, 0.25) is 0 Å². The van der Waals surface area contributed by atoms with E-state index in [4.69, 9.17) is 0 Å². The van der Waals surface area contributed by atoms with Crippen LogP contribution in [0.5, 0.6) is 0 Å². The van der Waals surface area contributed by atoms with Gasteiger partial charge in [0.05, 0.1) is 19.6 Å². The molecule has 5 rings (SSSR count). The van der Waals surface area contributed by atoms with Crippen LogP contribution in [0, 0.1) is 5.92 Å². The fourth-order valence-electron chi connectivity index (χ4n) is 4.65. The Bertz CT molecular complexity index is 442. The predicted molar refractivity (Wildman–Crippen MR) is 86.3 cm³/mol. The number of rotatable bonds is 2. The average Bonchev–Trinajstić information content (AvgIpc) is 3.04. The summed E-state index contributed by atoms with van der Waals surface area (Å²) in [5, 5.41) is 3.89. The van der Waals surface area contributed by atoms with Crippen LogP contribution in [0.3, 0.4) is 0 Å². The van der Waals surface area contributed by atoms with E-state index in [0.717, 1.165) is 12.0 Å². The molecule has 2 bridgehead atoms. The van der Waals surface area contributed by atoms with Gasteiger partial charge in [-0.05, 0) is 44.4 Å². The SMILES string of the molecule is CN1CC[N+](c2cccs2)([C@H]2CN3CCC2CC3)CC1. The molecule has 4 aliphatic heterocycles. The highest BCUT2D eigenvalue weighted by Gasteiger charge is 2.50. The lowest BCUT2D eigenvalue weighted by Gasteiger charge is -2.55. The monoisotopic (exact) mass is 292 g/mol. The summed E-state index contributed by atoms with van der Waals surface area (Å²) in [4.78, 5) is 5.22. The summed E-state index contributed by atoms with van der Waals surface area (Å²) < 4.78 is 1.28. The molecule has 0 saturated carbocycles. The van der Waals surface area contributed by atoms with Gasteiger partial charge in [0.25, 0.3) is 0 Å². The molecule has 0 amide bonds. The molecule has 110 valence electrons. The normalized spacial score (nSPS) is 37.1. The molecule has 1 aromatic rings. The molecule has 4 heteroatoms. The highest BCUT2D eigenvalue weighted by atomic mass is 32.1. The van der Waals surface area contributed by atoms with Crippen molar-refractivity contribution in [3.8, 4) is 0 Å². The van der Waals surface area contributed by atoms with E-state index in [1.165, 1.54) is 63.1 Å². The van der Waals surface area contributed by atoms with E-state index in [9.17, 15) is 0 Å². The van der Waals surface area contributed by atoms with Crippen LogP contribution in [-0.4, -0.2) is 68.7 Å². The van der Waals surface area contributed by atoms with Crippen molar-refractivity contribution in [1.82, 2.24) is 14.3 Å². The van der Waals surface area contributed by atoms with Crippen LogP contribution in [0.1, 0.15) is 12.8 Å². The highest BCUT2D eigenvalue weighted by Crippen LogP contribution is 2.41. The zero-order valence-corrected chi connectivity index (χ0v) is 13.3. The van der Waals surface area contributed by atoms with Gasteiger partial charge < -0.3 is 0 Å². The number of quaternary nitrogens is 1. The van der Waals surface area contributed by atoms with Crippen LogP contribution in [0.25, 0.3) is 0 Å². The fraction of sp³-hybridized carbons (Fsp3) is 0.750. The summed E-state index contributed by atoms with van der Waals surface area (Å²) in [5.74, 6) is 0.963. The molecule has 0 aliphatic carbocycles. The first-order valence-electron chi connectivity index (χ1n) is 8.10. The Hall–Kier alpha value is -0.420. The van der Waals surface area contributed by atoms with Gasteiger partial charge in [-0.3, -0.25) is 14.3 Å². The van der Waals surface area contributed by atoms with Gasteiger partial charge >= 0.3 is 0 Å². The largest absolute Gasteiger partial charge is 0.297 e. The first-order valence-corrected chi connectivity index (χ1v) is 8.98. The van der Waals surface area contributed by atoms with Crippen molar-refractivity contribution in [2.45, 2.75) is 18.9 Å². The zero-order valence-electron chi connectivity index (χ0n) is 12.5. The van der Waals surface area contributed by atoms with Gasteiger partial charge in [0.15, 0.2) is 5.00 Å². The van der Waals surface area contributed by atoms with Gasteiger partial charge in [0, 0.05) is 25.1 Å². The topological polar surface area (TPSA) is 6.48 Å². The average molecular weight is 292 g/mol. The van der Waals surface area contributed by atoms with Crippen LogP contribution >= 0.6 is 11.3 Å². The molecule has 3 nitrogen and oxygen atoms in total. The van der Waals surface area contributed by atoms with E-state index < -0.39 is 0 Å². The third-order valence-corrected chi connectivity index (χ3v) is 7.00. The standard InChI is InChI=1S/C16H26N3S/c1-17-8-10-19(11-9-17,16-3-2-12-20-16)15-13-18-6-4-14(15)5-7-18/h2-3,12,14-15H,4-11,13H2,1H3/q+1/t15-/m0/s1. The smallest absolute Gasteiger partial charge is 0.188 e. The van der Waals surface area contributed by atoms with Crippen LogP contribution in [0.4, 0.5) is 5.00 Å². The minimum absolute atomic E-state index is 0.852. The fourth-order valence-corrected chi connectivity index (χ4v) is 5.64. The molecule has 0 aromatic carbocycles. The van der Waals surface area contributed by atoms with Gasteiger partial charge in [0.1, 0.15) is 6.04 Å². The van der Waals surface area contributed by atoms with Crippen molar-refractivity contribution in [1.29, 1.82) is 0 Å². The first kappa shape index (κ1) is 13.3. The van der Waals surface area contributed by atoms with Crippen LogP contribution in [0.15, 0.2) is 17.5 Å². The number of hydrogen-bond acceptors (Lipinski definition) is 3. The second-order valence-electron chi connectivity index (χ2n) is 6.94. The van der Waals surface area contributed by atoms with E-state index in [2.05, 4.69) is 34.4 Å². The minimum atomic E-state index is 0.852. The second kappa shape index (κ2) is 5.09. The number of thiophene rings is 1. The Labute approximate surface area is 126 Å². The van der Waals surface area contributed by atoms with Crippen LogP contribution < -0.4 is 4.48 Å². The molecular weight excluding hydrogens is 266 g/mol. The maximum atomic E-state index is 2.72. The Morgan fingerprint density at radius 2 is 1.90 bits per heavy atom. The van der Waals surface area contributed by atoms with E-state index in [1.54, 1.807) is 5.00 Å². The quantitative estimate of drug-likeness (QED) is 0.770. The minimum Gasteiger partial charge on any atom is -0.297 e. The van der Waals surface area contributed by atoms with Crippen molar-refractivity contribution in [3.63, 3.8) is 0 Å². The molecule has 20 heavy (non-hydrogen) atoms. The van der Waals surface area contributed by atoms with Gasteiger partial charge in [-0.1, -0.05) is 11.3 Å². The van der Waals surface area contributed by atoms with Gasteiger partial charge in [-0.25, -0.2) is 0 Å². The number of nitrogens with zero attached hydrogens (tertiary/aromatic N) is 3. The molecule has 0 spiro atoms. The summed E-state index contributed by atoms with van der Waals surface area (Å²) in [6.07, 6.45) is 2.87. The van der Waals surface area contributed by atoms with E-state index in [1.807, 2.05) is 11.3 Å². The Balaban J connectivity index is 1.68. The van der Waals surface area contributed by atoms with Crippen LogP contribution in [-0.2, 0) is 0 Å². The first-order chi connectivity index (χ1) is 9.78. The molecule has 0 unspecified atom stereocenters. The third-order valence-electron chi connectivity index (χ3n) is 5.96. The number of piperidine rings is 3.